The molecule has 0 unspecified atom stereocenters. The zero-order valence-corrected chi connectivity index (χ0v) is 8.17. The van der Waals surface area contributed by atoms with Gasteiger partial charge in [0.15, 0.2) is 0 Å². The topological polar surface area (TPSA) is 53.3 Å². The van der Waals surface area contributed by atoms with E-state index in [9.17, 15) is 18.0 Å². The molecule has 0 N–H and O–H groups in total. The summed E-state index contributed by atoms with van der Waals surface area (Å²) in [6, 6.07) is 1.68. The molecule has 0 aromatic heterocycles. The van der Waals surface area contributed by atoms with E-state index in [1.807, 2.05) is 0 Å². The third-order valence-electron chi connectivity index (χ3n) is 1.59. The number of nitrogens with zero attached hydrogens (tertiary/aromatic N) is 2. The number of halogens is 3. The van der Waals surface area contributed by atoms with E-state index in [0.29, 0.717) is 4.90 Å². The number of rotatable bonds is 5. The van der Waals surface area contributed by atoms with Crippen molar-refractivity contribution in [3.05, 3.63) is 0 Å². The second-order valence-corrected chi connectivity index (χ2v) is 2.69. The summed E-state index contributed by atoms with van der Waals surface area (Å²) in [4.78, 5) is 11.4. The first-order valence-electron chi connectivity index (χ1n) is 4.15. The van der Waals surface area contributed by atoms with Crippen LogP contribution in [0.25, 0.3) is 0 Å². The fourth-order valence-electron chi connectivity index (χ4n) is 0.881. The number of hydrogen-bond donors (Lipinski definition) is 0. The largest absolute Gasteiger partial charge is 0.471 e. The molecule has 0 heterocycles. The molecular formula is C8H11F3N2O2. The predicted octanol–water partition coefficient (Wildman–Crippen LogP) is 0.937. The highest BCUT2D eigenvalue weighted by atomic mass is 19.4. The first kappa shape index (κ1) is 13.7. The van der Waals surface area contributed by atoms with E-state index in [-0.39, 0.29) is 26.1 Å². The minimum Gasteiger partial charge on any atom is -0.383 e. The summed E-state index contributed by atoms with van der Waals surface area (Å²) in [5.41, 5.74) is 0. The lowest BCUT2D eigenvalue weighted by atomic mass is 10.3. The summed E-state index contributed by atoms with van der Waals surface area (Å²) in [6.45, 7) is -0.401. The average molecular weight is 224 g/mol. The molecular weight excluding hydrogens is 213 g/mol. The molecule has 0 saturated carbocycles. The number of nitriles is 1. The highest BCUT2D eigenvalue weighted by Crippen LogP contribution is 2.18. The molecule has 7 heteroatoms. The summed E-state index contributed by atoms with van der Waals surface area (Å²) in [5, 5.41) is 8.22. The maximum atomic E-state index is 12.0. The van der Waals surface area contributed by atoms with Crippen LogP contribution >= 0.6 is 0 Å². The number of alkyl halides is 3. The minimum atomic E-state index is -4.90. The van der Waals surface area contributed by atoms with Gasteiger partial charge in [-0.15, -0.1) is 0 Å². The average Bonchev–Trinajstić information content (AvgIpc) is 2.16. The van der Waals surface area contributed by atoms with E-state index in [0.717, 1.165) is 0 Å². The van der Waals surface area contributed by atoms with Gasteiger partial charge in [-0.2, -0.15) is 18.4 Å². The maximum absolute atomic E-state index is 12.0. The third kappa shape index (κ3) is 5.22. The molecule has 0 atom stereocenters. The molecule has 0 spiro atoms. The van der Waals surface area contributed by atoms with Crippen LogP contribution in [0.15, 0.2) is 0 Å². The molecule has 86 valence electrons. The van der Waals surface area contributed by atoms with Crippen LogP contribution in [0.3, 0.4) is 0 Å². The predicted molar refractivity (Wildman–Crippen MR) is 44.7 cm³/mol. The Hall–Kier alpha value is -1.29. The quantitative estimate of drug-likeness (QED) is 0.698. The number of ether oxygens (including phenoxy) is 1. The molecule has 15 heavy (non-hydrogen) atoms. The van der Waals surface area contributed by atoms with Crippen molar-refractivity contribution in [1.82, 2.24) is 4.90 Å². The molecule has 0 radical (unpaired) electrons. The van der Waals surface area contributed by atoms with Gasteiger partial charge in [0, 0.05) is 20.2 Å². The second-order valence-electron chi connectivity index (χ2n) is 2.69. The van der Waals surface area contributed by atoms with Gasteiger partial charge in [0.2, 0.25) is 0 Å². The Bertz CT molecular complexity index is 247. The minimum absolute atomic E-state index is 0.00719. The van der Waals surface area contributed by atoms with Gasteiger partial charge >= 0.3 is 12.1 Å². The monoisotopic (exact) mass is 224 g/mol. The normalized spacial score (nSPS) is 10.9. The first-order valence-corrected chi connectivity index (χ1v) is 4.15. The Morgan fingerprint density at radius 1 is 1.47 bits per heavy atom. The van der Waals surface area contributed by atoms with Gasteiger partial charge in [-0.25, -0.2) is 0 Å². The summed E-state index contributed by atoms with van der Waals surface area (Å²) in [5.74, 6) is -1.94. The van der Waals surface area contributed by atoms with E-state index in [1.165, 1.54) is 7.11 Å². The molecule has 0 aliphatic carbocycles. The fraction of sp³-hybridized carbons (Fsp3) is 0.750. The lowest BCUT2D eigenvalue weighted by molar-refractivity contribution is -0.185. The van der Waals surface area contributed by atoms with Gasteiger partial charge in [0.25, 0.3) is 0 Å². The van der Waals surface area contributed by atoms with Crippen molar-refractivity contribution in [1.29, 1.82) is 5.26 Å². The van der Waals surface area contributed by atoms with Crippen LogP contribution in [0, 0.1) is 11.3 Å². The molecule has 0 fully saturated rings. The van der Waals surface area contributed by atoms with Crippen LogP contribution in [0.4, 0.5) is 13.2 Å². The Morgan fingerprint density at radius 2 is 2.07 bits per heavy atom. The Balaban J connectivity index is 4.35. The van der Waals surface area contributed by atoms with E-state index < -0.39 is 12.1 Å². The zero-order chi connectivity index (χ0) is 11.9. The smallest absolute Gasteiger partial charge is 0.383 e. The Morgan fingerprint density at radius 3 is 2.47 bits per heavy atom. The third-order valence-corrected chi connectivity index (χ3v) is 1.59. The lowest BCUT2D eigenvalue weighted by Crippen LogP contribution is -2.43. The van der Waals surface area contributed by atoms with Crippen molar-refractivity contribution < 1.29 is 22.7 Å². The number of amides is 1. The number of carbonyl (C=O) groups excluding carboxylic acids is 1. The van der Waals surface area contributed by atoms with Crippen LogP contribution < -0.4 is 0 Å². The van der Waals surface area contributed by atoms with E-state index in [2.05, 4.69) is 4.74 Å². The van der Waals surface area contributed by atoms with Crippen molar-refractivity contribution in [3.63, 3.8) is 0 Å². The summed E-state index contributed by atoms with van der Waals surface area (Å²) in [6.07, 6.45) is -5.03. The van der Waals surface area contributed by atoms with Crippen LogP contribution in [0.1, 0.15) is 6.42 Å². The summed E-state index contributed by atoms with van der Waals surface area (Å²) < 4.78 is 40.7. The van der Waals surface area contributed by atoms with E-state index in [1.54, 1.807) is 6.07 Å². The van der Waals surface area contributed by atoms with E-state index >= 15 is 0 Å². The molecule has 0 aromatic carbocycles. The van der Waals surface area contributed by atoms with Gasteiger partial charge in [-0.05, 0) is 0 Å². The van der Waals surface area contributed by atoms with Crippen molar-refractivity contribution in [3.8, 4) is 6.07 Å². The number of carbonyl (C=O) groups is 1. The summed E-state index contributed by atoms with van der Waals surface area (Å²) in [7, 11) is 1.32. The molecule has 0 aliphatic rings. The molecule has 0 bridgehead atoms. The number of methoxy groups -OCH3 is 1. The fourth-order valence-corrected chi connectivity index (χ4v) is 0.881. The van der Waals surface area contributed by atoms with Crippen molar-refractivity contribution in [2.24, 2.45) is 0 Å². The van der Waals surface area contributed by atoms with Crippen LogP contribution in [-0.2, 0) is 9.53 Å². The molecule has 0 rings (SSSR count). The molecule has 1 amide bonds. The molecule has 0 aliphatic heterocycles. The first-order chi connectivity index (χ1) is 6.93. The second kappa shape index (κ2) is 6.24. The lowest BCUT2D eigenvalue weighted by Gasteiger charge is -2.22. The maximum Gasteiger partial charge on any atom is 0.471 e. The Kier molecular flexibility index (Phi) is 5.70. The van der Waals surface area contributed by atoms with Crippen LogP contribution in [0.5, 0.6) is 0 Å². The van der Waals surface area contributed by atoms with E-state index in [4.69, 9.17) is 5.26 Å². The van der Waals surface area contributed by atoms with Gasteiger partial charge < -0.3 is 9.64 Å². The van der Waals surface area contributed by atoms with Gasteiger partial charge in [-0.1, -0.05) is 0 Å². The van der Waals surface area contributed by atoms with Crippen molar-refractivity contribution in [2.75, 3.05) is 26.8 Å². The van der Waals surface area contributed by atoms with Gasteiger partial charge in [0.1, 0.15) is 0 Å². The highest BCUT2D eigenvalue weighted by molar-refractivity contribution is 5.81. The number of hydrogen-bond acceptors (Lipinski definition) is 3. The van der Waals surface area contributed by atoms with Gasteiger partial charge in [-0.3, -0.25) is 4.79 Å². The Labute approximate surface area is 85.2 Å². The highest BCUT2D eigenvalue weighted by Gasteiger charge is 2.42. The van der Waals surface area contributed by atoms with Crippen LogP contribution in [0.2, 0.25) is 0 Å². The SMILES string of the molecule is COCCN(CCC#N)C(=O)C(F)(F)F. The standard InChI is InChI=1S/C8H11F3N2O2/c1-15-6-5-13(4-2-3-12)7(14)8(9,10)11/h2,4-6H2,1H3. The molecule has 0 saturated heterocycles. The molecule has 4 nitrogen and oxygen atoms in total. The van der Waals surface area contributed by atoms with Crippen LogP contribution in [-0.4, -0.2) is 43.8 Å². The van der Waals surface area contributed by atoms with Crippen molar-refractivity contribution >= 4 is 5.91 Å². The van der Waals surface area contributed by atoms with Gasteiger partial charge in [0.05, 0.1) is 19.1 Å². The zero-order valence-electron chi connectivity index (χ0n) is 8.17. The summed E-state index contributed by atoms with van der Waals surface area (Å²) >= 11 is 0. The molecule has 0 aromatic rings. The van der Waals surface area contributed by atoms with Crippen molar-refractivity contribution in [2.45, 2.75) is 12.6 Å².